The molecule has 2 aromatic carbocycles. The molecule has 1 unspecified atom stereocenters. The summed E-state index contributed by atoms with van der Waals surface area (Å²) in [5.74, 6) is -0.390. The normalized spacial score (nSPS) is 13.0. The molecule has 124 valence electrons. The van der Waals surface area contributed by atoms with Crippen molar-refractivity contribution in [2.24, 2.45) is 5.73 Å². The zero-order valence-corrected chi connectivity index (χ0v) is 14.0. The first-order valence-electron chi connectivity index (χ1n) is 7.54. The lowest BCUT2D eigenvalue weighted by Crippen LogP contribution is -2.42. The van der Waals surface area contributed by atoms with Crippen molar-refractivity contribution >= 4 is 26.5 Å². The van der Waals surface area contributed by atoms with Gasteiger partial charge in [-0.3, -0.25) is 4.79 Å². The van der Waals surface area contributed by atoms with Gasteiger partial charge in [-0.15, -0.1) is 0 Å². The van der Waals surface area contributed by atoms with Crippen molar-refractivity contribution in [1.82, 2.24) is 5.32 Å². The fraction of sp³-hybridized carbons (Fsp3) is 0.353. The SMILES string of the molecule is CS(=O)(=O)CCC(N)C(=O)NCCc1cccc2ccccc12. The highest BCUT2D eigenvalue weighted by Crippen LogP contribution is 2.18. The van der Waals surface area contributed by atoms with Crippen LogP contribution in [0.3, 0.4) is 0 Å². The summed E-state index contributed by atoms with van der Waals surface area (Å²) in [7, 11) is -3.10. The Kier molecular flexibility index (Phi) is 5.74. The van der Waals surface area contributed by atoms with Gasteiger partial charge in [-0.1, -0.05) is 42.5 Å². The zero-order valence-electron chi connectivity index (χ0n) is 13.2. The lowest BCUT2D eigenvalue weighted by atomic mass is 10.0. The Bertz CT molecular complexity index is 782. The third kappa shape index (κ3) is 5.33. The molecular weight excluding hydrogens is 312 g/mol. The van der Waals surface area contributed by atoms with Crippen LogP contribution in [-0.4, -0.2) is 38.9 Å². The maximum absolute atomic E-state index is 11.9. The van der Waals surface area contributed by atoms with Crippen LogP contribution in [-0.2, 0) is 21.1 Å². The predicted octanol–water partition coefficient (Wildman–Crippen LogP) is 1.26. The highest BCUT2D eigenvalue weighted by atomic mass is 32.2. The number of benzene rings is 2. The number of amides is 1. The van der Waals surface area contributed by atoms with Gasteiger partial charge in [0.25, 0.3) is 0 Å². The topological polar surface area (TPSA) is 89.3 Å². The highest BCUT2D eigenvalue weighted by molar-refractivity contribution is 7.90. The molecule has 0 saturated heterocycles. The molecule has 0 heterocycles. The summed E-state index contributed by atoms with van der Waals surface area (Å²) < 4.78 is 22.2. The quantitative estimate of drug-likeness (QED) is 0.798. The summed E-state index contributed by atoms with van der Waals surface area (Å²) >= 11 is 0. The minimum atomic E-state index is -3.10. The van der Waals surface area contributed by atoms with Crippen molar-refractivity contribution < 1.29 is 13.2 Å². The Morgan fingerprint density at radius 3 is 2.61 bits per heavy atom. The van der Waals surface area contributed by atoms with Crippen LogP contribution in [0.1, 0.15) is 12.0 Å². The van der Waals surface area contributed by atoms with Crippen LogP contribution in [0.15, 0.2) is 42.5 Å². The summed E-state index contributed by atoms with van der Waals surface area (Å²) in [4.78, 5) is 11.9. The van der Waals surface area contributed by atoms with E-state index in [2.05, 4.69) is 23.5 Å². The molecule has 6 heteroatoms. The average Bonchev–Trinajstić information content (AvgIpc) is 2.52. The fourth-order valence-electron chi connectivity index (χ4n) is 2.43. The molecule has 0 saturated carbocycles. The number of nitrogens with two attached hydrogens (primary N) is 1. The number of carbonyl (C=O) groups excluding carboxylic acids is 1. The van der Waals surface area contributed by atoms with E-state index in [9.17, 15) is 13.2 Å². The van der Waals surface area contributed by atoms with E-state index in [4.69, 9.17) is 5.73 Å². The highest BCUT2D eigenvalue weighted by Gasteiger charge is 2.15. The molecule has 0 radical (unpaired) electrons. The molecule has 0 bridgehead atoms. The van der Waals surface area contributed by atoms with E-state index < -0.39 is 15.9 Å². The Labute approximate surface area is 136 Å². The van der Waals surface area contributed by atoms with Gasteiger partial charge in [0.1, 0.15) is 9.84 Å². The second-order valence-corrected chi connectivity index (χ2v) is 7.96. The van der Waals surface area contributed by atoms with Crippen LogP contribution in [0.2, 0.25) is 0 Å². The van der Waals surface area contributed by atoms with Crippen LogP contribution in [0.4, 0.5) is 0 Å². The molecule has 0 fully saturated rings. The molecular formula is C17H22N2O3S. The number of sulfone groups is 1. The number of nitrogens with one attached hydrogen (secondary N) is 1. The lowest BCUT2D eigenvalue weighted by molar-refractivity contribution is -0.122. The van der Waals surface area contributed by atoms with E-state index in [0.717, 1.165) is 11.8 Å². The molecule has 0 aromatic heterocycles. The van der Waals surface area contributed by atoms with Gasteiger partial charge >= 0.3 is 0 Å². The van der Waals surface area contributed by atoms with E-state index in [1.165, 1.54) is 10.8 Å². The summed E-state index contributed by atoms with van der Waals surface area (Å²) in [5.41, 5.74) is 6.88. The second-order valence-electron chi connectivity index (χ2n) is 5.70. The zero-order chi connectivity index (χ0) is 16.9. The lowest BCUT2D eigenvalue weighted by Gasteiger charge is -2.12. The van der Waals surface area contributed by atoms with Crippen LogP contribution in [0.25, 0.3) is 10.8 Å². The fourth-order valence-corrected chi connectivity index (χ4v) is 3.12. The van der Waals surface area contributed by atoms with Crippen LogP contribution in [0, 0.1) is 0 Å². The first-order chi connectivity index (χ1) is 10.9. The summed E-state index contributed by atoms with van der Waals surface area (Å²) in [5, 5.41) is 5.11. The molecule has 1 amide bonds. The monoisotopic (exact) mass is 334 g/mol. The number of rotatable bonds is 7. The molecule has 3 N–H and O–H groups in total. The van der Waals surface area contributed by atoms with Crippen LogP contribution >= 0.6 is 0 Å². The van der Waals surface area contributed by atoms with Gasteiger partial charge in [0.05, 0.1) is 11.8 Å². The maximum Gasteiger partial charge on any atom is 0.236 e. The maximum atomic E-state index is 11.9. The van der Waals surface area contributed by atoms with Crippen LogP contribution in [0.5, 0.6) is 0 Å². The molecule has 0 aliphatic rings. The third-order valence-electron chi connectivity index (χ3n) is 3.71. The molecule has 2 aromatic rings. The smallest absolute Gasteiger partial charge is 0.236 e. The second kappa shape index (κ2) is 7.57. The van der Waals surface area contributed by atoms with E-state index in [1.54, 1.807) is 0 Å². The number of fused-ring (bicyclic) bond motifs is 1. The van der Waals surface area contributed by atoms with Crippen molar-refractivity contribution in [2.45, 2.75) is 18.9 Å². The van der Waals surface area contributed by atoms with Crippen molar-refractivity contribution in [1.29, 1.82) is 0 Å². The summed E-state index contributed by atoms with van der Waals surface area (Å²) in [6.07, 6.45) is 1.98. The van der Waals surface area contributed by atoms with E-state index >= 15 is 0 Å². The molecule has 0 spiro atoms. The number of carbonyl (C=O) groups is 1. The third-order valence-corrected chi connectivity index (χ3v) is 4.69. The van der Waals surface area contributed by atoms with Crippen LogP contribution < -0.4 is 11.1 Å². The van der Waals surface area contributed by atoms with Gasteiger partial charge in [-0.05, 0) is 29.2 Å². The molecule has 1 atom stereocenters. The Balaban J connectivity index is 1.87. The standard InChI is InChI=1S/C17H22N2O3S/c1-23(21,22)12-10-16(18)17(20)19-11-9-14-7-4-6-13-5-2-3-8-15(13)14/h2-8,16H,9-12,18H2,1H3,(H,19,20). The molecule has 5 nitrogen and oxygen atoms in total. The molecule has 0 aliphatic heterocycles. The van der Waals surface area contributed by atoms with E-state index in [1.807, 2.05) is 24.3 Å². The van der Waals surface area contributed by atoms with E-state index in [0.29, 0.717) is 13.0 Å². The summed E-state index contributed by atoms with van der Waals surface area (Å²) in [6, 6.07) is 13.4. The minimum absolute atomic E-state index is 0.0785. The largest absolute Gasteiger partial charge is 0.354 e. The van der Waals surface area contributed by atoms with Gasteiger partial charge in [0.15, 0.2) is 0 Å². The Hall–Kier alpha value is -1.92. The molecule has 2 rings (SSSR count). The first kappa shape index (κ1) is 17.4. The van der Waals surface area contributed by atoms with Gasteiger partial charge in [-0.25, -0.2) is 8.42 Å². The van der Waals surface area contributed by atoms with Gasteiger partial charge < -0.3 is 11.1 Å². The first-order valence-corrected chi connectivity index (χ1v) is 9.60. The van der Waals surface area contributed by atoms with Crippen molar-refractivity contribution in [2.75, 3.05) is 18.6 Å². The Morgan fingerprint density at radius 1 is 1.17 bits per heavy atom. The number of hydrogen-bond acceptors (Lipinski definition) is 4. The van der Waals surface area contributed by atoms with Gasteiger partial charge in [0.2, 0.25) is 5.91 Å². The van der Waals surface area contributed by atoms with Gasteiger partial charge in [0, 0.05) is 12.8 Å². The minimum Gasteiger partial charge on any atom is -0.354 e. The number of hydrogen-bond donors (Lipinski definition) is 2. The van der Waals surface area contributed by atoms with E-state index in [-0.39, 0.29) is 18.1 Å². The average molecular weight is 334 g/mol. The van der Waals surface area contributed by atoms with Crippen molar-refractivity contribution in [3.8, 4) is 0 Å². The summed E-state index contributed by atoms with van der Waals surface area (Å²) in [6.45, 7) is 0.472. The molecule has 0 aliphatic carbocycles. The van der Waals surface area contributed by atoms with Crippen molar-refractivity contribution in [3.05, 3.63) is 48.0 Å². The molecule has 23 heavy (non-hydrogen) atoms. The van der Waals surface area contributed by atoms with Crippen molar-refractivity contribution in [3.63, 3.8) is 0 Å². The predicted molar refractivity (Wildman–Crippen MR) is 93.0 cm³/mol. The van der Waals surface area contributed by atoms with Gasteiger partial charge in [-0.2, -0.15) is 0 Å². The Morgan fingerprint density at radius 2 is 1.87 bits per heavy atom.